The Morgan fingerprint density at radius 1 is 0.735 bits per heavy atom. The molecule has 0 radical (unpaired) electrons. The van der Waals surface area contributed by atoms with Gasteiger partial charge in [-0.15, -0.1) is 0 Å². The first-order chi connectivity index (χ1) is 16.2. The van der Waals surface area contributed by atoms with Crippen molar-refractivity contribution in [3.8, 4) is 0 Å². The fourth-order valence-electron chi connectivity index (χ4n) is 3.77. The highest BCUT2D eigenvalue weighted by Crippen LogP contribution is 2.38. The van der Waals surface area contributed by atoms with E-state index in [2.05, 4.69) is 0 Å². The molecule has 34 heavy (non-hydrogen) atoms. The van der Waals surface area contributed by atoms with Crippen LogP contribution in [0.2, 0.25) is 5.02 Å². The zero-order valence-corrected chi connectivity index (χ0v) is 19.8. The molecule has 0 atom stereocenters. The number of rotatable bonds is 7. The van der Waals surface area contributed by atoms with E-state index in [1.54, 1.807) is 13.8 Å². The monoisotopic (exact) mass is 487 g/mol. The summed E-state index contributed by atoms with van der Waals surface area (Å²) in [6, 6.07) is 5.91. The maximum atomic E-state index is 13.5. The van der Waals surface area contributed by atoms with Crippen LogP contribution in [-0.4, -0.2) is 49.5 Å². The molecule has 0 saturated carbocycles. The number of benzene rings is 2. The first kappa shape index (κ1) is 24.9. The average Bonchev–Trinajstić information content (AvgIpc) is 3.05. The molecular formula is C24H22ClNO8. The van der Waals surface area contributed by atoms with Gasteiger partial charge in [-0.1, -0.05) is 11.6 Å². The molecule has 0 aliphatic carbocycles. The molecule has 0 spiro atoms. The fraction of sp³-hybridized carbons (Fsp3) is 0.292. The molecule has 178 valence electrons. The number of imide groups is 1. The molecular weight excluding hydrogens is 466 g/mol. The standard InChI is InChI=1S/C24H22ClNO8/c1-5-32-22(29)16-12(4)15-17(19(24(31)34-7-3)18(16)23(30)33-6-2)21(28)26(20(15)27)14-10-8-13(25)9-11-14/h8-11H,5-7H2,1-4H3. The zero-order valence-electron chi connectivity index (χ0n) is 19.0. The second-order valence-corrected chi connectivity index (χ2v) is 7.52. The first-order valence-electron chi connectivity index (χ1n) is 10.6. The number of esters is 3. The van der Waals surface area contributed by atoms with Crippen molar-refractivity contribution < 1.29 is 38.2 Å². The normalized spacial score (nSPS) is 12.4. The molecule has 2 aromatic rings. The molecule has 3 rings (SSSR count). The molecule has 1 aliphatic rings. The molecule has 2 aromatic carbocycles. The SMILES string of the molecule is CCOC(=O)c1c(C)c2c(c(C(=O)OCC)c1C(=O)OCC)C(=O)N(c1ccc(Cl)cc1)C2=O. The largest absolute Gasteiger partial charge is 0.462 e. The van der Waals surface area contributed by atoms with E-state index in [1.807, 2.05) is 0 Å². The van der Waals surface area contributed by atoms with Crippen molar-refractivity contribution in [3.05, 3.63) is 62.7 Å². The Bertz CT molecular complexity index is 1200. The van der Waals surface area contributed by atoms with Crippen LogP contribution in [0.3, 0.4) is 0 Å². The minimum Gasteiger partial charge on any atom is -0.462 e. The van der Waals surface area contributed by atoms with Gasteiger partial charge in [0.15, 0.2) is 0 Å². The van der Waals surface area contributed by atoms with Gasteiger partial charge >= 0.3 is 17.9 Å². The van der Waals surface area contributed by atoms with Gasteiger partial charge in [-0.25, -0.2) is 19.3 Å². The van der Waals surface area contributed by atoms with Crippen LogP contribution >= 0.6 is 11.6 Å². The van der Waals surface area contributed by atoms with Gasteiger partial charge in [0.05, 0.1) is 53.3 Å². The van der Waals surface area contributed by atoms with Gasteiger partial charge in [0.25, 0.3) is 11.8 Å². The van der Waals surface area contributed by atoms with Gasteiger partial charge < -0.3 is 14.2 Å². The van der Waals surface area contributed by atoms with Crippen LogP contribution in [0.4, 0.5) is 5.69 Å². The summed E-state index contributed by atoms with van der Waals surface area (Å²) < 4.78 is 15.3. The molecule has 0 saturated heterocycles. The molecule has 1 heterocycles. The Morgan fingerprint density at radius 3 is 1.68 bits per heavy atom. The number of halogens is 1. The van der Waals surface area contributed by atoms with E-state index < -0.39 is 40.8 Å². The van der Waals surface area contributed by atoms with E-state index in [-0.39, 0.29) is 47.8 Å². The van der Waals surface area contributed by atoms with Crippen molar-refractivity contribution in [1.82, 2.24) is 0 Å². The lowest BCUT2D eigenvalue weighted by Crippen LogP contribution is -2.30. The van der Waals surface area contributed by atoms with Crippen LogP contribution in [0.15, 0.2) is 24.3 Å². The Balaban J connectivity index is 2.41. The van der Waals surface area contributed by atoms with Crippen molar-refractivity contribution in [3.63, 3.8) is 0 Å². The number of fused-ring (bicyclic) bond motifs is 1. The van der Waals surface area contributed by atoms with Crippen molar-refractivity contribution in [2.24, 2.45) is 0 Å². The van der Waals surface area contributed by atoms with E-state index >= 15 is 0 Å². The van der Waals surface area contributed by atoms with Crippen molar-refractivity contribution >= 4 is 47.0 Å². The van der Waals surface area contributed by atoms with Crippen LogP contribution in [0.1, 0.15) is 78.1 Å². The van der Waals surface area contributed by atoms with E-state index in [9.17, 15) is 24.0 Å². The summed E-state index contributed by atoms with van der Waals surface area (Å²) >= 11 is 5.93. The van der Waals surface area contributed by atoms with Gasteiger partial charge in [-0.2, -0.15) is 0 Å². The third kappa shape index (κ3) is 4.14. The second-order valence-electron chi connectivity index (χ2n) is 7.08. The number of carbonyl (C=O) groups is 5. The Hall–Kier alpha value is -3.72. The summed E-state index contributed by atoms with van der Waals surface area (Å²) in [6.07, 6.45) is 0. The summed E-state index contributed by atoms with van der Waals surface area (Å²) in [5.74, 6) is -4.64. The summed E-state index contributed by atoms with van der Waals surface area (Å²) in [5.41, 5.74) is -1.65. The number of amides is 2. The predicted molar refractivity (Wildman–Crippen MR) is 122 cm³/mol. The minimum atomic E-state index is -1.05. The lowest BCUT2D eigenvalue weighted by atomic mass is 9.87. The Morgan fingerprint density at radius 2 is 1.18 bits per heavy atom. The third-order valence-corrected chi connectivity index (χ3v) is 5.36. The molecule has 0 aromatic heterocycles. The van der Waals surface area contributed by atoms with Crippen LogP contribution in [0.5, 0.6) is 0 Å². The third-order valence-electron chi connectivity index (χ3n) is 5.11. The average molecular weight is 488 g/mol. The van der Waals surface area contributed by atoms with Crippen molar-refractivity contribution in [1.29, 1.82) is 0 Å². The summed E-state index contributed by atoms with van der Waals surface area (Å²) in [6.45, 7) is 5.87. The molecule has 0 fully saturated rings. The summed E-state index contributed by atoms with van der Waals surface area (Å²) in [4.78, 5) is 66.7. The van der Waals surface area contributed by atoms with Crippen molar-refractivity contribution in [2.75, 3.05) is 24.7 Å². The number of anilines is 1. The second kappa shape index (κ2) is 10.0. The maximum Gasteiger partial charge on any atom is 0.339 e. The van der Waals surface area contributed by atoms with Crippen LogP contribution < -0.4 is 4.90 Å². The lowest BCUT2D eigenvalue weighted by Gasteiger charge is -2.17. The predicted octanol–water partition coefficient (Wildman–Crippen LogP) is 3.98. The molecule has 9 nitrogen and oxygen atoms in total. The molecule has 0 bridgehead atoms. The topological polar surface area (TPSA) is 116 Å². The summed E-state index contributed by atoms with van der Waals surface area (Å²) in [5, 5.41) is 0.387. The molecule has 0 N–H and O–H groups in total. The number of nitrogens with zero attached hydrogens (tertiary/aromatic N) is 1. The first-order valence-corrected chi connectivity index (χ1v) is 10.9. The van der Waals surface area contributed by atoms with Crippen LogP contribution in [0.25, 0.3) is 0 Å². The van der Waals surface area contributed by atoms with E-state index in [0.29, 0.717) is 5.02 Å². The van der Waals surface area contributed by atoms with E-state index in [4.69, 9.17) is 25.8 Å². The molecule has 0 unspecified atom stereocenters. The van der Waals surface area contributed by atoms with E-state index in [0.717, 1.165) is 4.90 Å². The van der Waals surface area contributed by atoms with Gasteiger partial charge in [0.1, 0.15) is 0 Å². The van der Waals surface area contributed by atoms with Gasteiger partial charge in [-0.3, -0.25) is 9.59 Å². The highest BCUT2D eigenvalue weighted by molar-refractivity contribution is 6.38. The van der Waals surface area contributed by atoms with Gasteiger partial charge in [0.2, 0.25) is 0 Å². The number of ether oxygens (including phenoxy) is 3. The zero-order chi connectivity index (χ0) is 25.2. The Kier molecular flexibility index (Phi) is 7.36. The maximum absolute atomic E-state index is 13.5. The number of hydrogen-bond donors (Lipinski definition) is 0. The highest BCUT2D eigenvalue weighted by atomic mass is 35.5. The lowest BCUT2D eigenvalue weighted by molar-refractivity contribution is 0.0457. The molecule has 1 aliphatic heterocycles. The number of hydrogen-bond acceptors (Lipinski definition) is 8. The minimum absolute atomic E-state index is 0.0133. The number of carbonyl (C=O) groups excluding carboxylic acids is 5. The van der Waals surface area contributed by atoms with Gasteiger partial charge in [0, 0.05) is 5.02 Å². The fourth-order valence-corrected chi connectivity index (χ4v) is 3.90. The van der Waals surface area contributed by atoms with Crippen molar-refractivity contribution in [2.45, 2.75) is 27.7 Å². The highest BCUT2D eigenvalue weighted by Gasteiger charge is 2.46. The van der Waals surface area contributed by atoms with Crippen LogP contribution in [0, 0.1) is 6.92 Å². The van der Waals surface area contributed by atoms with Gasteiger partial charge in [-0.05, 0) is 57.5 Å². The Labute approximate surface area is 200 Å². The smallest absolute Gasteiger partial charge is 0.339 e. The molecule has 10 heteroatoms. The van der Waals surface area contributed by atoms with Crippen LogP contribution in [-0.2, 0) is 14.2 Å². The summed E-state index contributed by atoms with van der Waals surface area (Å²) in [7, 11) is 0. The molecule has 2 amide bonds. The quantitative estimate of drug-likeness (QED) is 0.327. The van der Waals surface area contributed by atoms with E-state index in [1.165, 1.54) is 38.1 Å².